The largest absolute Gasteiger partial charge is 0.530 e. The van der Waals surface area contributed by atoms with Crippen LogP contribution < -0.4 is 16.2 Å². The molecule has 1 aliphatic heterocycles. The molecular weight excluding hydrogens is 224 g/mol. The molecule has 1 saturated heterocycles. The molecule has 0 aromatic heterocycles. The van der Waals surface area contributed by atoms with Crippen molar-refractivity contribution in [3.8, 4) is 0 Å². The lowest BCUT2D eigenvalue weighted by Crippen LogP contribution is -2.44. The monoisotopic (exact) mass is 237 g/mol. The highest BCUT2D eigenvalue weighted by Crippen LogP contribution is 2.03. The fraction of sp³-hybridized carbons (Fsp3) is 0.714. The van der Waals surface area contributed by atoms with Crippen LogP contribution in [0.25, 0.3) is 0 Å². The van der Waals surface area contributed by atoms with Gasteiger partial charge in [-0.3, -0.25) is 5.01 Å². The Bertz CT molecular complexity index is 226. The molecule has 88 valence electrons. The van der Waals surface area contributed by atoms with Crippen molar-refractivity contribution in [2.24, 2.45) is 10.8 Å². The Morgan fingerprint density at radius 1 is 1.80 bits per heavy atom. The predicted octanol–water partition coefficient (Wildman–Crippen LogP) is -2.06. The van der Waals surface area contributed by atoms with Crippen LogP contribution in [-0.2, 0) is 4.74 Å². The van der Waals surface area contributed by atoms with Crippen LogP contribution in [0.2, 0.25) is 0 Å². The van der Waals surface area contributed by atoms with E-state index in [1.165, 1.54) is 0 Å². The molecular formula is C7H14ClN4O3-. The summed E-state index contributed by atoms with van der Waals surface area (Å²) in [5.41, 5.74) is 5.42. The lowest BCUT2D eigenvalue weighted by molar-refractivity contribution is -0.248. The summed E-state index contributed by atoms with van der Waals surface area (Å²) in [7, 11) is 0. The second-order valence-electron chi connectivity index (χ2n) is 2.82. The highest BCUT2D eigenvalue weighted by atomic mass is 35.5. The van der Waals surface area contributed by atoms with Crippen LogP contribution >= 0.6 is 12.4 Å². The van der Waals surface area contributed by atoms with Gasteiger partial charge in [0, 0.05) is 6.54 Å². The van der Waals surface area contributed by atoms with E-state index in [2.05, 4.69) is 5.10 Å². The van der Waals surface area contributed by atoms with Crippen molar-refractivity contribution in [1.82, 2.24) is 10.3 Å². The van der Waals surface area contributed by atoms with E-state index >= 15 is 0 Å². The molecule has 1 unspecified atom stereocenters. The molecule has 1 heterocycles. The Balaban J connectivity index is 0.00000196. The number of amides is 1. The first-order chi connectivity index (χ1) is 6.72. The molecule has 8 heteroatoms. The number of nitrogens with zero attached hydrogens (tertiary/aromatic N) is 2. The second-order valence-corrected chi connectivity index (χ2v) is 2.82. The molecule has 0 spiro atoms. The standard InChI is InChI=1S/C7H14N4O3.ClH/c8-3-6-4-11(1-2-14-6)10-5-9-7(12)13;/h5-6H,1-4,8H2,(H,9,10)(H,12,13);1H/p-1. The van der Waals surface area contributed by atoms with Crippen molar-refractivity contribution < 1.29 is 14.6 Å². The van der Waals surface area contributed by atoms with Gasteiger partial charge in [0.05, 0.1) is 25.8 Å². The number of rotatable bonds is 3. The molecule has 1 fully saturated rings. The highest BCUT2D eigenvalue weighted by molar-refractivity contribution is 5.85. The number of hydrogen-bond donors (Lipinski definition) is 2. The first-order valence-electron chi connectivity index (χ1n) is 4.29. The average molecular weight is 238 g/mol. The molecule has 0 aliphatic carbocycles. The van der Waals surface area contributed by atoms with Crippen LogP contribution in [0.4, 0.5) is 4.79 Å². The van der Waals surface area contributed by atoms with Gasteiger partial charge in [-0.1, -0.05) is 0 Å². The third kappa shape index (κ3) is 5.40. The summed E-state index contributed by atoms with van der Waals surface area (Å²) in [6, 6.07) is 0. The molecule has 15 heavy (non-hydrogen) atoms. The number of nitrogens with two attached hydrogens (primary N) is 1. The zero-order chi connectivity index (χ0) is 10.4. The number of carbonyl (C=O) groups is 1. The molecule has 0 bridgehead atoms. The first-order valence-corrected chi connectivity index (χ1v) is 4.29. The molecule has 7 nitrogen and oxygen atoms in total. The smallest absolute Gasteiger partial charge is 0.139 e. The van der Waals surface area contributed by atoms with Gasteiger partial charge in [-0.05, 0) is 0 Å². The summed E-state index contributed by atoms with van der Waals surface area (Å²) in [5, 5.41) is 17.5. The van der Waals surface area contributed by atoms with Crippen LogP contribution in [0, 0.1) is 0 Å². The van der Waals surface area contributed by atoms with Crippen molar-refractivity contribution in [1.29, 1.82) is 0 Å². The normalized spacial score (nSPS) is 21.1. The predicted molar refractivity (Wildman–Crippen MR) is 54.6 cm³/mol. The van der Waals surface area contributed by atoms with Gasteiger partial charge in [-0.15, -0.1) is 12.4 Å². The van der Waals surface area contributed by atoms with Crippen LogP contribution in [-0.4, -0.2) is 49.8 Å². The highest BCUT2D eigenvalue weighted by Gasteiger charge is 2.16. The summed E-state index contributed by atoms with van der Waals surface area (Å²) < 4.78 is 5.30. The second kappa shape index (κ2) is 7.27. The Morgan fingerprint density at radius 2 is 2.53 bits per heavy atom. The zero-order valence-electron chi connectivity index (χ0n) is 8.09. The van der Waals surface area contributed by atoms with Crippen molar-refractivity contribution in [3.05, 3.63) is 0 Å². The summed E-state index contributed by atoms with van der Waals surface area (Å²) in [6.07, 6.45) is -0.338. The Labute approximate surface area is 93.7 Å². The number of carbonyl (C=O) groups excluding carboxylic acids is 1. The van der Waals surface area contributed by atoms with Crippen LogP contribution in [0.15, 0.2) is 5.10 Å². The van der Waals surface area contributed by atoms with E-state index in [1.807, 2.05) is 5.32 Å². The maximum absolute atomic E-state index is 9.98. The van der Waals surface area contributed by atoms with Gasteiger partial charge in [0.1, 0.15) is 12.4 Å². The number of morpholine rings is 1. The SMILES string of the molecule is Cl.NCC1CN(/N=C/NC(=O)[O-])CCO1. The molecule has 1 aliphatic rings. The Hall–Kier alpha value is -1.05. The lowest BCUT2D eigenvalue weighted by Gasteiger charge is -2.29. The third-order valence-electron chi connectivity index (χ3n) is 1.78. The summed E-state index contributed by atoms with van der Waals surface area (Å²) in [6.45, 7) is 2.17. The van der Waals surface area contributed by atoms with E-state index in [0.717, 1.165) is 6.34 Å². The number of halogens is 1. The third-order valence-corrected chi connectivity index (χ3v) is 1.78. The molecule has 0 aromatic rings. The number of carboxylic acid groups (broad SMARTS) is 1. The van der Waals surface area contributed by atoms with Crippen molar-refractivity contribution in [2.45, 2.75) is 6.10 Å². The summed E-state index contributed by atoms with van der Waals surface area (Å²) in [5.74, 6) is 0. The molecule has 1 atom stereocenters. The van der Waals surface area contributed by atoms with Crippen LogP contribution in [0.3, 0.4) is 0 Å². The van der Waals surface area contributed by atoms with E-state index in [0.29, 0.717) is 26.2 Å². The fourth-order valence-electron chi connectivity index (χ4n) is 1.11. The Morgan fingerprint density at radius 3 is 3.13 bits per heavy atom. The zero-order valence-corrected chi connectivity index (χ0v) is 8.90. The number of nitrogens with one attached hydrogen (secondary N) is 1. The number of hydrazone groups is 1. The van der Waals surface area contributed by atoms with E-state index in [1.54, 1.807) is 5.01 Å². The van der Waals surface area contributed by atoms with E-state index in [4.69, 9.17) is 10.5 Å². The van der Waals surface area contributed by atoms with Gasteiger partial charge < -0.3 is 25.7 Å². The van der Waals surface area contributed by atoms with Gasteiger partial charge in [-0.25, -0.2) is 0 Å². The van der Waals surface area contributed by atoms with Crippen molar-refractivity contribution in [3.63, 3.8) is 0 Å². The van der Waals surface area contributed by atoms with Gasteiger partial charge in [-0.2, -0.15) is 5.10 Å². The molecule has 0 radical (unpaired) electrons. The van der Waals surface area contributed by atoms with Crippen molar-refractivity contribution in [2.75, 3.05) is 26.2 Å². The van der Waals surface area contributed by atoms with Gasteiger partial charge in [0.15, 0.2) is 0 Å². The van der Waals surface area contributed by atoms with Crippen LogP contribution in [0.5, 0.6) is 0 Å². The molecule has 1 amide bonds. The van der Waals surface area contributed by atoms with Crippen molar-refractivity contribution >= 4 is 24.8 Å². The molecule has 3 N–H and O–H groups in total. The number of hydrogen-bond acceptors (Lipinski definition) is 6. The summed E-state index contributed by atoms with van der Waals surface area (Å²) >= 11 is 0. The maximum atomic E-state index is 9.98. The quantitative estimate of drug-likeness (QED) is 0.434. The molecule has 1 rings (SSSR count). The van der Waals surface area contributed by atoms with Crippen LogP contribution in [0.1, 0.15) is 0 Å². The van der Waals surface area contributed by atoms with E-state index in [9.17, 15) is 9.90 Å². The van der Waals surface area contributed by atoms with E-state index in [-0.39, 0.29) is 18.5 Å². The van der Waals surface area contributed by atoms with E-state index < -0.39 is 6.09 Å². The van der Waals surface area contributed by atoms with Gasteiger partial charge in [0.2, 0.25) is 0 Å². The minimum absolute atomic E-state index is 0. The topological polar surface area (TPSA) is 103 Å². The van der Waals surface area contributed by atoms with Gasteiger partial charge >= 0.3 is 0 Å². The Kier molecular flexibility index (Phi) is 6.76. The molecule has 0 aromatic carbocycles. The summed E-state index contributed by atoms with van der Waals surface area (Å²) in [4.78, 5) is 9.98. The minimum Gasteiger partial charge on any atom is -0.530 e. The molecule has 0 saturated carbocycles. The van der Waals surface area contributed by atoms with Gasteiger partial charge in [0.25, 0.3) is 0 Å². The maximum Gasteiger partial charge on any atom is 0.139 e. The lowest BCUT2D eigenvalue weighted by atomic mass is 10.3. The fourth-order valence-corrected chi connectivity index (χ4v) is 1.11. The minimum atomic E-state index is -1.38. The number of ether oxygens (including phenoxy) is 1. The average Bonchev–Trinajstić information content (AvgIpc) is 2.18. The first kappa shape index (κ1) is 13.9.